The Balaban J connectivity index is 1.73. The van der Waals surface area contributed by atoms with Crippen molar-refractivity contribution in [1.29, 1.82) is 0 Å². The normalized spacial score (nSPS) is 16.6. The summed E-state index contributed by atoms with van der Waals surface area (Å²) in [6, 6.07) is 5.43. The summed E-state index contributed by atoms with van der Waals surface area (Å²) in [6.45, 7) is 6.77. The second-order valence-corrected chi connectivity index (χ2v) is 7.02. The second-order valence-electron chi connectivity index (χ2n) is 7.02. The van der Waals surface area contributed by atoms with E-state index >= 15 is 0 Å². The summed E-state index contributed by atoms with van der Waals surface area (Å²) in [7, 11) is 1.57. The molecule has 1 aromatic heterocycles. The van der Waals surface area contributed by atoms with E-state index in [-0.39, 0.29) is 11.5 Å². The van der Waals surface area contributed by atoms with Crippen LogP contribution in [0.15, 0.2) is 27.4 Å². The maximum Gasteiger partial charge on any atom is 0.339 e. The van der Waals surface area contributed by atoms with Crippen LogP contribution in [0.3, 0.4) is 0 Å². The highest BCUT2D eigenvalue weighted by Crippen LogP contribution is 2.24. The molecule has 1 atom stereocenters. The summed E-state index contributed by atoms with van der Waals surface area (Å²) in [4.78, 5) is 26.9. The maximum atomic E-state index is 12.6. The van der Waals surface area contributed by atoms with Crippen molar-refractivity contribution in [1.82, 2.24) is 4.90 Å². The van der Waals surface area contributed by atoms with Crippen LogP contribution in [0, 0.1) is 12.8 Å². The molecule has 0 saturated carbocycles. The van der Waals surface area contributed by atoms with E-state index in [4.69, 9.17) is 13.9 Å². The lowest BCUT2D eigenvalue weighted by atomic mass is 10.0. The number of aryl methyl sites for hydroxylation is 1. The summed E-state index contributed by atoms with van der Waals surface area (Å²) >= 11 is 0. The van der Waals surface area contributed by atoms with Gasteiger partial charge in [0.05, 0.1) is 13.7 Å². The minimum absolute atomic E-state index is 0.0676. The summed E-state index contributed by atoms with van der Waals surface area (Å²) < 4.78 is 16.0. The van der Waals surface area contributed by atoms with Crippen molar-refractivity contribution >= 4 is 16.9 Å². The van der Waals surface area contributed by atoms with Crippen LogP contribution in [-0.4, -0.2) is 44.2 Å². The van der Waals surface area contributed by atoms with Gasteiger partial charge in [0.25, 0.3) is 0 Å². The van der Waals surface area contributed by atoms with E-state index in [0.29, 0.717) is 42.2 Å². The highest BCUT2D eigenvalue weighted by molar-refractivity contribution is 5.82. The van der Waals surface area contributed by atoms with Crippen LogP contribution in [0.5, 0.6) is 5.75 Å². The molecule has 1 amide bonds. The van der Waals surface area contributed by atoms with E-state index in [0.717, 1.165) is 37.1 Å². The Kier molecular flexibility index (Phi) is 6.16. The lowest BCUT2D eigenvalue weighted by Gasteiger charge is -2.23. The van der Waals surface area contributed by atoms with Gasteiger partial charge in [-0.25, -0.2) is 4.79 Å². The first-order valence-corrected chi connectivity index (χ1v) is 9.49. The number of methoxy groups -OCH3 is 1. The molecule has 1 saturated heterocycles. The Hall–Kier alpha value is -2.34. The first kappa shape index (κ1) is 19.4. The van der Waals surface area contributed by atoms with Crippen molar-refractivity contribution in [2.45, 2.75) is 33.1 Å². The van der Waals surface area contributed by atoms with Crippen molar-refractivity contribution in [3.8, 4) is 5.75 Å². The fourth-order valence-electron chi connectivity index (χ4n) is 3.63. The Morgan fingerprint density at radius 1 is 1.37 bits per heavy atom. The maximum absolute atomic E-state index is 12.6. The van der Waals surface area contributed by atoms with Crippen LogP contribution in [0.4, 0.5) is 0 Å². The zero-order chi connectivity index (χ0) is 19.4. The van der Waals surface area contributed by atoms with Crippen molar-refractivity contribution in [3.05, 3.63) is 39.7 Å². The largest absolute Gasteiger partial charge is 0.497 e. The SMILES string of the molecule is CCN(C[C@@H]1CCOC1)C(=O)CCc1c(C)c2ccc(OC)cc2oc1=O. The van der Waals surface area contributed by atoms with Gasteiger partial charge in [-0.3, -0.25) is 4.79 Å². The van der Waals surface area contributed by atoms with Crippen LogP contribution in [0.25, 0.3) is 11.0 Å². The highest BCUT2D eigenvalue weighted by Gasteiger charge is 2.22. The van der Waals surface area contributed by atoms with Crippen LogP contribution >= 0.6 is 0 Å². The molecule has 0 N–H and O–H groups in total. The molecule has 0 spiro atoms. The number of carbonyl (C=O) groups excluding carboxylic acids is 1. The summed E-state index contributed by atoms with van der Waals surface area (Å²) in [5.74, 6) is 1.12. The van der Waals surface area contributed by atoms with E-state index in [1.807, 2.05) is 30.9 Å². The summed E-state index contributed by atoms with van der Waals surface area (Å²) in [6.07, 6.45) is 1.68. The lowest BCUT2D eigenvalue weighted by Crippen LogP contribution is -2.35. The van der Waals surface area contributed by atoms with Gasteiger partial charge in [0, 0.05) is 49.1 Å². The Morgan fingerprint density at radius 2 is 2.19 bits per heavy atom. The van der Waals surface area contributed by atoms with Gasteiger partial charge in [-0.05, 0) is 44.4 Å². The van der Waals surface area contributed by atoms with Crippen molar-refractivity contribution in [3.63, 3.8) is 0 Å². The lowest BCUT2D eigenvalue weighted by molar-refractivity contribution is -0.131. The third-order valence-electron chi connectivity index (χ3n) is 5.32. The van der Waals surface area contributed by atoms with E-state index in [2.05, 4.69) is 0 Å². The smallest absolute Gasteiger partial charge is 0.339 e. The van der Waals surface area contributed by atoms with Gasteiger partial charge in [0.1, 0.15) is 11.3 Å². The first-order valence-electron chi connectivity index (χ1n) is 9.49. The number of nitrogens with zero attached hydrogens (tertiary/aromatic N) is 1. The highest BCUT2D eigenvalue weighted by atomic mass is 16.5. The number of fused-ring (bicyclic) bond motifs is 1. The summed E-state index contributed by atoms with van der Waals surface area (Å²) in [5, 5.41) is 0.869. The molecular formula is C21H27NO5. The van der Waals surface area contributed by atoms with E-state index in [1.165, 1.54) is 0 Å². The second kappa shape index (κ2) is 8.57. The standard InChI is InChI=1S/C21H27NO5/c1-4-22(12-15-9-10-26-13-15)20(23)8-7-18-14(2)17-6-5-16(25-3)11-19(17)27-21(18)24/h5-6,11,15H,4,7-10,12-13H2,1-3H3/t15-/m0/s1. The molecule has 0 unspecified atom stereocenters. The van der Waals surface area contributed by atoms with Gasteiger partial charge in [0.15, 0.2) is 0 Å². The molecule has 2 heterocycles. The molecule has 1 fully saturated rings. The number of rotatable bonds is 7. The van der Waals surface area contributed by atoms with Gasteiger partial charge >= 0.3 is 5.63 Å². The van der Waals surface area contributed by atoms with E-state index in [9.17, 15) is 9.59 Å². The zero-order valence-electron chi connectivity index (χ0n) is 16.2. The van der Waals surface area contributed by atoms with Gasteiger partial charge < -0.3 is 18.8 Å². The number of hydrogen-bond donors (Lipinski definition) is 0. The zero-order valence-corrected chi connectivity index (χ0v) is 16.2. The third-order valence-corrected chi connectivity index (χ3v) is 5.32. The minimum Gasteiger partial charge on any atom is -0.497 e. The minimum atomic E-state index is -0.381. The number of benzene rings is 1. The molecule has 1 aliphatic heterocycles. The number of amides is 1. The molecule has 2 aromatic rings. The molecule has 6 nitrogen and oxygen atoms in total. The fourth-order valence-corrected chi connectivity index (χ4v) is 3.63. The monoisotopic (exact) mass is 373 g/mol. The molecule has 1 aromatic carbocycles. The van der Waals surface area contributed by atoms with Crippen LogP contribution in [-0.2, 0) is 16.0 Å². The van der Waals surface area contributed by atoms with E-state index < -0.39 is 0 Å². The Bertz CT molecular complexity index is 867. The number of carbonyl (C=O) groups is 1. The average molecular weight is 373 g/mol. The molecule has 3 rings (SSSR count). The van der Waals surface area contributed by atoms with Crippen molar-refractivity contribution < 1.29 is 18.7 Å². The van der Waals surface area contributed by atoms with Crippen LogP contribution in [0.2, 0.25) is 0 Å². The van der Waals surface area contributed by atoms with Gasteiger partial charge in [-0.2, -0.15) is 0 Å². The van der Waals surface area contributed by atoms with Gasteiger partial charge in [0.2, 0.25) is 5.91 Å². The number of ether oxygens (including phenoxy) is 2. The predicted octanol–water partition coefficient (Wildman–Crippen LogP) is 2.93. The van der Waals surface area contributed by atoms with Crippen LogP contribution in [0.1, 0.15) is 30.9 Å². The fraction of sp³-hybridized carbons (Fsp3) is 0.524. The van der Waals surface area contributed by atoms with Crippen LogP contribution < -0.4 is 10.4 Å². The van der Waals surface area contributed by atoms with E-state index in [1.54, 1.807) is 13.2 Å². The van der Waals surface area contributed by atoms with Crippen molar-refractivity contribution in [2.24, 2.45) is 5.92 Å². The van der Waals surface area contributed by atoms with Gasteiger partial charge in [-0.15, -0.1) is 0 Å². The number of hydrogen-bond acceptors (Lipinski definition) is 5. The molecule has 0 radical (unpaired) electrons. The molecule has 27 heavy (non-hydrogen) atoms. The topological polar surface area (TPSA) is 69.0 Å². The molecule has 0 bridgehead atoms. The average Bonchev–Trinajstić information content (AvgIpc) is 3.18. The first-order chi connectivity index (χ1) is 13.0. The molecule has 1 aliphatic rings. The quantitative estimate of drug-likeness (QED) is 0.698. The summed E-state index contributed by atoms with van der Waals surface area (Å²) in [5.41, 5.74) is 1.56. The Labute approximate surface area is 159 Å². The van der Waals surface area contributed by atoms with Crippen molar-refractivity contribution in [2.75, 3.05) is 33.4 Å². The predicted molar refractivity (Wildman–Crippen MR) is 103 cm³/mol. The third kappa shape index (κ3) is 4.33. The molecule has 0 aliphatic carbocycles. The molecule has 6 heteroatoms. The molecule has 146 valence electrons. The van der Waals surface area contributed by atoms with Gasteiger partial charge in [-0.1, -0.05) is 0 Å². The molecular weight excluding hydrogens is 346 g/mol. The Morgan fingerprint density at radius 3 is 2.85 bits per heavy atom.